The molecule has 0 aliphatic carbocycles. The van der Waals surface area contributed by atoms with E-state index in [1.54, 1.807) is 13.1 Å². The number of amides is 2. The van der Waals surface area contributed by atoms with Crippen molar-refractivity contribution in [2.24, 2.45) is 0 Å². The molecule has 1 N–H and O–H groups in total. The Balaban J connectivity index is 1.75. The lowest BCUT2D eigenvalue weighted by Gasteiger charge is -2.17. The first-order chi connectivity index (χ1) is 13.9. The molecular weight excluding hydrogens is 381 g/mol. The Morgan fingerprint density at radius 3 is 2.28 bits per heavy atom. The first-order valence-electron chi connectivity index (χ1n) is 8.71. The Hall–Kier alpha value is -3.61. The topological polar surface area (TPSA) is 49.4 Å². The van der Waals surface area contributed by atoms with Crippen molar-refractivity contribution in [2.45, 2.75) is 6.54 Å². The third-order valence-electron chi connectivity index (χ3n) is 4.26. The fraction of sp³-hybridized carbons (Fsp3) is 0.0909. The molecule has 0 heterocycles. The third kappa shape index (κ3) is 4.63. The van der Waals surface area contributed by atoms with Crippen LogP contribution in [0.4, 0.5) is 18.9 Å². The molecule has 0 bridgehead atoms. The molecule has 0 atom stereocenters. The summed E-state index contributed by atoms with van der Waals surface area (Å²) in [6.45, 7) is 0.385. The molecule has 0 radical (unpaired) electrons. The van der Waals surface area contributed by atoms with Gasteiger partial charge in [0.25, 0.3) is 11.8 Å². The summed E-state index contributed by atoms with van der Waals surface area (Å²) in [6.07, 6.45) is 0. The number of halogens is 3. The van der Waals surface area contributed by atoms with Gasteiger partial charge in [-0.05, 0) is 35.9 Å². The van der Waals surface area contributed by atoms with Gasteiger partial charge in [0.1, 0.15) is 0 Å². The van der Waals surface area contributed by atoms with E-state index >= 15 is 0 Å². The highest BCUT2D eigenvalue weighted by Gasteiger charge is 2.18. The molecule has 0 aromatic heterocycles. The van der Waals surface area contributed by atoms with Crippen molar-refractivity contribution in [1.82, 2.24) is 4.90 Å². The Morgan fingerprint density at radius 2 is 1.55 bits per heavy atom. The van der Waals surface area contributed by atoms with E-state index in [0.717, 1.165) is 11.6 Å². The Morgan fingerprint density at radius 1 is 0.862 bits per heavy atom. The van der Waals surface area contributed by atoms with Crippen LogP contribution in [0.25, 0.3) is 0 Å². The standard InChI is InChI=1S/C22H17F3N2O2/c1-27(13-14-6-3-2-4-7-14)22(29)16-9-5-8-15(12-16)21(28)26-18-11-10-17(23)19(24)20(18)25/h2-12H,13H2,1H3,(H,26,28). The number of carbonyl (C=O) groups excluding carboxylic acids is 2. The van der Waals surface area contributed by atoms with Crippen LogP contribution in [-0.4, -0.2) is 23.8 Å². The zero-order valence-electron chi connectivity index (χ0n) is 15.5. The van der Waals surface area contributed by atoms with Gasteiger partial charge in [-0.15, -0.1) is 0 Å². The monoisotopic (exact) mass is 398 g/mol. The quantitative estimate of drug-likeness (QED) is 0.637. The van der Waals surface area contributed by atoms with Crippen molar-refractivity contribution in [3.8, 4) is 0 Å². The number of rotatable bonds is 5. The minimum absolute atomic E-state index is 0.0769. The second-order valence-electron chi connectivity index (χ2n) is 6.40. The molecule has 0 aliphatic rings. The molecule has 0 fully saturated rings. The summed E-state index contributed by atoms with van der Waals surface area (Å²) in [5.41, 5.74) is 0.799. The van der Waals surface area contributed by atoms with Gasteiger partial charge in [0, 0.05) is 24.7 Å². The van der Waals surface area contributed by atoms with Crippen LogP contribution >= 0.6 is 0 Å². The molecule has 29 heavy (non-hydrogen) atoms. The minimum Gasteiger partial charge on any atom is -0.337 e. The van der Waals surface area contributed by atoms with E-state index in [0.29, 0.717) is 12.6 Å². The van der Waals surface area contributed by atoms with E-state index in [1.807, 2.05) is 30.3 Å². The normalized spacial score (nSPS) is 10.5. The van der Waals surface area contributed by atoms with Crippen molar-refractivity contribution in [2.75, 3.05) is 12.4 Å². The van der Waals surface area contributed by atoms with Gasteiger partial charge in [0.2, 0.25) is 0 Å². The molecule has 0 saturated carbocycles. The molecule has 7 heteroatoms. The van der Waals surface area contributed by atoms with Crippen molar-refractivity contribution >= 4 is 17.5 Å². The Kier molecular flexibility index (Phi) is 5.97. The van der Waals surface area contributed by atoms with Gasteiger partial charge in [-0.3, -0.25) is 9.59 Å². The van der Waals surface area contributed by atoms with Crippen LogP contribution in [0.1, 0.15) is 26.3 Å². The molecule has 2 amide bonds. The second kappa shape index (κ2) is 8.60. The highest BCUT2D eigenvalue weighted by Crippen LogP contribution is 2.20. The fourth-order valence-electron chi connectivity index (χ4n) is 2.76. The zero-order valence-corrected chi connectivity index (χ0v) is 15.5. The molecule has 0 unspecified atom stereocenters. The van der Waals surface area contributed by atoms with E-state index < -0.39 is 29.0 Å². The maximum atomic E-state index is 13.8. The maximum absolute atomic E-state index is 13.8. The number of nitrogens with one attached hydrogen (secondary N) is 1. The highest BCUT2D eigenvalue weighted by atomic mass is 19.2. The number of nitrogens with zero attached hydrogens (tertiary/aromatic N) is 1. The van der Waals surface area contributed by atoms with Gasteiger partial charge in [0.15, 0.2) is 17.5 Å². The average Bonchev–Trinajstić information content (AvgIpc) is 2.74. The van der Waals surface area contributed by atoms with E-state index in [-0.39, 0.29) is 17.0 Å². The van der Waals surface area contributed by atoms with Crippen LogP contribution in [0.3, 0.4) is 0 Å². The van der Waals surface area contributed by atoms with Gasteiger partial charge >= 0.3 is 0 Å². The number of carbonyl (C=O) groups is 2. The lowest BCUT2D eigenvalue weighted by molar-refractivity contribution is 0.0785. The highest BCUT2D eigenvalue weighted by molar-refractivity contribution is 6.06. The van der Waals surface area contributed by atoms with Crippen molar-refractivity contribution in [1.29, 1.82) is 0 Å². The van der Waals surface area contributed by atoms with Gasteiger partial charge in [-0.2, -0.15) is 0 Å². The number of hydrogen-bond acceptors (Lipinski definition) is 2. The first-order valence-corrected chi connectivity index (χ1v) is 8.71. The van der Waals surface area contributed by atoms with Crippen LogP contribution in [0, 0.1) is 17.5 Å². The van der Waals surface area contributed by atoms with Crippen LogP contribution in [0.15, 0.2) is 66.7 Å². The largest absolute Gasteiger partial charge is 0.337 e. The summed E-state index contributed by atoms with van der Waals surface area (Å²) in [5, 5.41) is 2.18. The Labute approximate surface area is 165 Å². The molecule has 3 rings (SSSR count). The lowest BCUT2D eigenvalue weighted by Crippen LogP contribution is -2.26. The van der Waals surface area contributed by atoms with Crippen LogP contribution < -0.4 is 5.32 Å². The lowest BCUT2D eigenvalue weighted by atomic mass is 10.1. The summed E-state index contributed by atoms with van der Waals surface area (Å²) >= 11 is 0. The maximum Gasteiger partial charge on any atom is 0.255 e. The van der Waals surface area contributed by atoms with Crippen molar-refractivity contribution in [3.63, 3.8) is 0 Å². The Bertz CT molecular complexity index is 1060. The molecule has 0 saturated heterocycles. The summed E-state index contributed by atoms with van der Waals surface area (Å²) < 4.78 is 40.1. The molecule has 4 nitrogen and oxygen atoms in total. The second-order valence-corrected chi connectivity index (χ2v) is 6.40. The van der Waals surface area contributed by atoms with E-state index in [4.69, 9.17) is 0 Å². The number of benzene rings is 3. The molecule has 3 aromatic rings. The predicted octanol–water partition coefficient (Wildman–Crippen LogP) is 4.63. The SMILES string of the molecule is CN(Cc1ccccc1)C(=O)c1cccc(C(=O)Nc2ccc(F)c(F)c2F)c1. The summed E-state index contributed by atoms with van der Waals surface area (Å²) in [6, 6.07) is 16.9. The molecule has 0 spiro atoms. The first kappa shape index (κ1) is 20.1. The third-order valence-corrected chi connectivity index (χ3v) is 4.26. The van der Waals surface area contributed by atoms with E-state index in [2.05, 4.69) is 5.32 Å². The number of hydrogen-bond donors (Lipinski definition) is 1. The minimum atomic E-state index is -1.67. The van der Waals surface area contributed by atoms with Crippen molar-refractivity contribution < 1.29 is 22.8 Å². The molecule has 3 aromatic carbocycles. The van der Waals surface area contributed by atoms with Gasteiger partial charge in [-0.25, -0.2) is 13.2 Å². The summed E-state index contributed by atoms with van der Waals surface area (Å²) in [7, 11) is 1.64. The van der Waals surface area contributed by atoms with E-state index in [9.17, 15) is 22.8 Å². The number of anilines is 1. The smallest absolute Gasteiger partial charge is 0.255 e. The molecule has 148 valence electrons. The van der Waals surface area contributed by atoms with E-state index in [1.165, 1.54) is 23.1 Å². The van der Waals surface area contributed by atoms with Crippen LogP contribution in [0.2, 0.25) is 0 Å². The van der Waals surface area contributed by atoms with Gasteiger partial charge < -0.3 is 10.2 Å². The molecular formula is C22H17F3N2O2. The van der Waals surface area contributed by atoms with Gasteiger partial charge in [0.05, 0.1) is 5.69 Å². The summed E-state index contributed by atoms with van der Waals surface area (Å²) in [5.74, 6) is -5.57. The van der Waals surface area contributed by atoms with Crippen molar-refractivity contribution in [3.05, 3.63) is 101 Å². The molecule has 0 aliphatic heterocycles. The fourth-order valence-corrected chi connectivity index (χ4v) is 2.76. The summed E-state index contributed by atoms with van der Waals surface area (Å²) in [4.78, 5) is 26.5. The van der Waals surface area contributed by atoms with Crippen LogP contribution in [-0.2, 0) is 6.54 Å². The average molecular weight is 398 g/mol. The predicted molar refractivity (Wildman–Crippen MR) is 103 cm³/mol. The van der Waals surface area contributed by atoms with Crippen LogP contribution in [0.5, 0.6) is 0 Å². The zero-order chi connectivity index (χ0) is 21.0. The van der Waals surface area contributed by atoms with Gasteiger partial charge in [-0.1, -0.05) is 36.4 Å².